The van der Waals surface area contributed by atoms with E-state index < -0.39 is 5.60 Å². The summed E-state index contributed by atoms with van der Waals surface area (Å²) in [6.45, 7) is 14.0. The zero-order chi connectivity index (χ0) is 19.1. The van der Waals surface area contributed by atoms with Crippen LogP contribution in [-0.4, -0.2) is 69.0 Å². The summed E-state index contributed by atoms with van der Waals surface area (Å²) in [6.07, 6.45) is 2.68. The maximum Gasteiger partial charge on any atom is 0.410 e. The Hall–Kier alpha value is -1.50. The number of nitrogens with zero attached hydrogens (tertiary/aromatic N) is 2. The molecular formula is C18H38N4O3. The number of amides is 1. The Morgan fingerprint density at radius 1 is 1.08 bits per heavy atom. The second kappa shape index (κ2) is 13.8. The van der Waals surface area contributed by atoms with Gasteiger partial charge in [-0.15, -0.1) is 0 Å². The van der Waals surface area contributed by atoms with Gasteiger partial charge < -0.3 is 25.0 Å². The molecule has 0 aliphatic carbocycles. The van der Waals surface area contributed by atoms with Crippen LogP contribution in [0.2, 0.25) is 0 Å². The molecule has 0 aromatic carbocycles. The molecule has 0 unspecified atom stereocenters. The number of carbonyl (C=O) groups is 1. The fourth-order valence-electron chi connectivity index (χ4n) is 2.10. The van der Waals surface area contributed by atoms with Crippen molar-refractivity contribution in [2.24, 2.45) is 4.99 Å². The smallest absolute Gasteiger partial charge is 0.410 e. The number of guanidine groups is 1. The maximum absolute atomic E-state index is 12.2. The molecule has 0 saturated carbocycles. The number of hydrogen-bond donors (Lipinski definition) is 2. The fraction of sp³-hybridized carbons (Fsp3) is 0.889. The number of rotatable bonds is 11. The van der Waals surface area contributed by atoms with E-state index in [-0.39, 0.29) is 6.09 Å². The van der Waals surface area contributed by atoms with Gasteiger partial charge in [0.2, 0.25) is 0 Å². The molecule has 0 spiro atoms. The Balaban J connectivity index is 4.12. The fourth-order valence-corrected chi connectivity index (χ4v) is 2.10. The van der Waals surface area contributed by atoms with E-state index in [4.69, 9.17) is 9.47 Å². The Labute approximate surface area is 153 Å². The number of carbonyl (C=O) groups excluding carboxylic acids is 1. The van der Waals surface area contributed by atoms with Gasteiger partial charge >= 0.3 is 6.09 Å². The average molecular weight is 359 g/mol. The molecule has 0 aromatic rings. The van der Waals surface area contributed by atoms with Crippen LogP contribution in [-0.2, 0) is 9.47 Å². The number of nitrogens with one attached hydrogen (secondary N) is 2. The van der Waals surface area contributed by atoms with Crippen LogP contribution in [0.15, 0.2) is 4.99 Å². The molecule has 0 rings (SSSR count). The first kappa shape index (κ1) is 23.5. The number of hydrogen-bond acceptors (Lipinski definition) is 4. The second-order valence-corrected chi connectivity index (χ2v) is 6.80. The molecule has 0 atom stereocenters. The number of unbranched alkanes of at least 4 members (excludes halogenated alkanes) is 1. The Morgan fingerprint density at radius 3 is 2.32 bits per heavy atom. The van der Waals surface area contributed by atoms with Crippen LogP contribution in [0.3, 0.4) is 0 Å². The lowest BCUT2D eigenvalue weighted by molar-refractivity contribution is 0.0253. The van der Waals surface area contributed by atoms with Crippen molar-refractivity contribution in [3.05, 3.63) is 0 Å². The molecule has 0 fully saturated rings. The van der Waals surface area contributed by atoms with Crippen molar-refractivity contribution in [1.82, 2.24) is 15.5 Å². The van der Waals surface area contributed by atoms with E-state index in [0.29, 0.717) is 19.6 Å². The summed E-state index contributed by atoms with van der Waals surface area (Å²) in [5, 5.41) is 6.50. The lowest BCUT2D eigenvalue weighted by atomic mass is 10.2. The summed E-state index contributed by atoms with van der Waals surface area (Å²) >= 11 is 0. The topological polar surface area (TPSA) is 75.2 Å². The van der Waals surface area contributed by atoms with Crippen LogP contribution < -0.4 is 10.6 Å². The highest BCUT2D eigenvalue weighted by molar-refractivity contribution is 5.79. The molecule has 1 amide bonds. The van der Waals surface area contributed by atoms with Crippen molar-refractivity contribution in [2.45, 2.75) is 59.5 Å². The Morgan fingerprint density at radius 2 is 1.76 bits per heavy atom. The van der Waals surface area contributed by atoms with E-state index in [0.717, 1.165) is 45.0 Å². The van der Waals surface area contributed by atoms with Gasteiger partial charge in [-0.1, -0.05) is 6.92 Å². The lowest BCUT2D eigenvalue weighted by Crippen LogP contribution is -2.44. The summed E-state index contributed by atoms with van der Waals surface area (Å²) < 4.78 is 10.8. The molecule has 7 heteroatoms. The molecule has 0 radical (unpaired) electrons. The third-order valence-electron chi connectivity index (χ3n) is 3.26. The molecule has 148 valence electrons. The van der Waals surface area contributed by atoms with Crippen LogP contribution >= 0.6 is 0 Å². The van der Waals surface area contributed by atoms with Crippen LogP contribution in [0.1, 0.15) is 53.9 Å². The van der Waals surface area contributed by atoms with E-state index in [2.05, 4.69) is 15.6 Å². The van der Waals surface area contributed by atoms with Crippen LogP contribution in [0, 0.1) is 0 Å². The molecule has 25 heavy (non-hydrogen) atoms. The van der Waals surface area contributed by atoms with E-state index in [1.54, 1.807) is 11.9 Å². The van der Waals surface area contributed by atoms with Gasteiger partial charge in [0.15, 0.2) is 5.96 Å². The zero-order valence-electron chi connectivity index (χ0n) is 17.0. The first-order valence-corrected chi connectivity index (χ1v) is 9.34. The lowest BCUT2D eigenvalue weighted by Gasteiger charge is -2.27. The van der Waals surface area contributed by atoms with Crippen molar-refractivity contribution in [2.75, 3.05) is 46.4 Å². The minimum atomic E-state index is -0.477. The average Bonchev–Trinajstić information content (AvgIpc) is 2.53. The highest BCUT2D eigenvalue weighted by Crippen LogP contribution is 2.10. The van der Waals surface area contributed by atoms with Gasteiger partial charge in [-0.2, -0.15) is 0 Å². The number of aliphatic imine (C=N–C) groups is 1. The van der Waals surface area contributed by atoms with E-state index in [9.17, 15) is 4.79 Å². The highest BCUT2D eigenvalue weighted by Gasteiger charge is 2.21. The summed E-state index contributed by atoms with van der Waals surface area (Å²) in [6, 6.07) is 0. The first-order valence-electron chi connectivity index (χ1n) is 9.34. The van der Waals surface area contributed by atoms with Gasteiger partial charge in [0, 0.05) is 46.4 Å². The van der Waals surface area contributed by atoms with Crippen molar-refractivity contribution in [1.29, 1.82) is 0 Å². The molecule has 7 nitrogen and oxygen atoms in total. The monoisotopic (exact) mass is 358 g/mol. The summed E-state index contributed by atoms with van der Waals surface area (Å²) in [5.74, 6) is 0.747. The molecule has 0 saturated heterocycles. The van der Waals surface area contributed by atoms with Gasteiger partial charge in [0.25, 0.3) is 0 Å². The van der Waals surface area contributed by atoms with E-state index >= 15 is 0 Å². The molecular weight excluding hydrogens is 320 g/mol. The standard InChI is InChI=1S/C18H38N4O3/c1-7-13-22(17(23)25-18(3,4)5)14-12-21-16(19-6)20-11-9-10-15-24-8-2/h7-15H2,1-6H3,(H2,19,20,21). The summed E-state index contributed by atoms with van der Waals surface area (Å²) in [4.78, 5) is 18.1. The normalized spacial score (nSPS) is 12.0. The van der Waals surface area contributed by atoms with Crippen molar-refractivity contribution in [3.63, 3.8) is 0 Å². The predicted molar refractivity (Wildman–Crippen MR) is 103 cm³/mol. The van der Waals surface area contributed by atoms with Gasteiger partial charge in [-0.25, -0.2) is 4.79 Å². The minimum absolute atomic E-state index is 0.268. The Bertz CT molecular complexity index is 381. The predicted octanol–water partition coefficient (Wildman–Crippen LogP) is 2.62. The minimum Gasteiger partial charge on any atom is -0.444 e. The van der Waals surface area contributed by atoms with Crippen LogP contribution in [0.4, 0.5) is 4.79 Å². The molecule has 0 bridgehead atoms. The Kier molecular flexibility index (Phi) is 12.9. The third-order valence-corrected chi connectivity index (χ3v) is 3.26. The van der Waals surface area contributed by atoms with Gasteiger partial charge in [0.1, 0.15) is 5.60 Å². The molecule has 0 aliphatic rings. The van der Waals surface area contributed by atoms with Crippen LogP contribution in [0.25, 0.3) is 0 Å². The quantitative estimate of drug-likeness (QED) is 0.337. The molecule has 0 aromatic heterocycles. The molecule has 2 N–H and O–H groups in total. The van der Waals surface area contributed by atoms with Crippen molar-refractivity contribution < 1.29 is 14.3 Å². The van der Waals surface area contributed by atoms with Crippen LogP contribution in [0.5, 0.6) is 0 Å². The highest BCUT2D eigenvalue weighted by atomic mass is 16.6. The van der Waals surface area contributed by atoms with Crippen molar-refractivity contribution >= 4 is 12.1 Å². The third kappa shape index (κ3) is 13.5. The summed E-state index contributed by atoms with van der Waals surface area (Å²) in [7, 11) is 1.74. The van der Waals surface area contributed by atoms with Crippen molar-refractivity contribution in [3.8, 4) is 0 Å². The second-order valence-electron chi connectivity index (χ2n) is 6.80. The van der Waals surface area contributed by atoms with Gasteiger partial charge in [-0.3, -0.25) is 4.99 Å². The largest absolute Gasteiger partial charge is 0.444 e. The zero-order valence-corrected chi connectivity index (χ0v) is 17.0. The molecule has 0 aliphatic heterocycles. The number of ether oxygens (including phenoxy) is 2. The molecule has 0 heterocycles. The maximum atomic E-state index is 12.2. The SMILES string of the molecule is CCCN(CCNC(=NC)NCCCCOCC)C(=O)OC(C)(C)C. The van der Waals surface area contributed by atoms with Gasteiger partial charge in [-0.05, 0) is 47.0 Å². The van der Waals surface area contributed by atoms with E-state index in [1.165, 1.54) is 0 Å². The van der Waals surface area contributed by atoms with E-state index in [1.807, 2.05) is 34.6 Å². The summed E-state index contributed by atoms with van der Waals surface area (Å²) in [5.41, 5.74) is -0.477. The van der Waals surface area contributed by atoms with Gasteiger partial charge in [0.05, 0.1) is 0 Å². The first-order chi connectivity index (χ1) is 11.8.